The van der Waals surface area contributed by atoms with Gasteiger partial charge < -0.3 is 9.84 Å². The number of hydrogen-bond acceptors (Lipinski definition) is 3. The van der Waals surface area contributed by atoms with Gasteiger partial charge in [-0.3, -0.25) is 4.90 Å². The molecule has 1 saturated heterocycles. The number of hydrogen-bond donors (Lipinski definition) is 1. The highest BCUT2D eigenvalue weighted by atomic mass is 35.5. The van der Waals surface area contributed by atoms with Crippen molar-refractivity contribution in [3.63, 3.8) is 0 Å². The molecule has 0 bridgehead atoms. The van der Waals surface area contributed by atoms with E-state index >= 15 is 0 Å². The molecular weight excluding hydrogens is 262 g/mol. The van der Waals surface area contributed by atoms with E-state index in [1.54, 1.807) is 13.2 Å². The summed E-state index contributed by atoms with van der Waals surface area (Å²) < 4.78 is 5.15. The number of methoxy groups -OCH3 is 1. The topological polar surface area (TPSA) is 32.7 Å². The molecule has 1 aliphatic rings. The maximum absolute atomic E-state index is 10.2. The minimum Gasteiger partial charge on any atom is -0.504 e. The summed E-state index contributed by atoms with van der Waals surface area (Å²) in [6.45, 7) is 6.33. The molecule has 2 unspecified atom stereocenters. The molecule has 0 radical (unpaired) electrons. The van der Waals surface area contributed by atoms with Crippen LogP contribution in [0.1, 0.15) is 32.3 Å². The van der Waals surface area contributed by atoms with E-state index in [2.05, 4.69) is 18.7 Å². The van der Waals surface area contributed by atoms with Gasteiger partial charge in [-0.05, 0) is 38.3 Å². The summed E-state index contributed by atoms with van der Waals surface area (Å²) in [5.41, 5.74) is 0.838. The third kappa shape index (κ3) is 3.15. The third-order valence-corrected chi connectivity index (χ3v) is 4.43. The molecule has 1 heterocycles. The lowest BCUT2D eigenvalue weighted by Crippen LogP contribution is -2.41. The Morgan fingerprint density at radius 3 is 2.84 bits per heavy atom. The van der Waals surface area contributed by atoms with Crippen LogP contribution in [0.5, 0.6) is 11.5 Å². The number of rotatable bonds is 3. The highest BCUT2D eigenvalue weighted by molar-refractivity contribution is 6.30. The first-order valence-corrected chi connectivity index (χ1v) is 7.20. The van der Waals surface area contributed by atoms with Gasteiger partial charge in [0.05, 0.1) is 7.11 Å². The van der Waals surface area contributed by atoms with Crippen molar-refractivity contribution in [2.75, 3.05) is 13.7 Å². The van der Waals surface area contributed by atoms with E-state index in [1.807, 2.05) is 6.07 Å². The summed E-state index contributed by atoms with van der Waals surface area (Å²) in [4.78, 5) is 2.40. The van der Waals surface area contributed by atoms with Gasteiger partial charge in [0, 0.05) is 29.2 Å². The second-order valence-corrected chi connectivity index (χ2v) is 5.88. The summed E-state index contributed by atoms with van der Waals surface area (Å²) in [5, 5.41) is 10.8. The zero-order valence-corrected chi connectivity index (χ0v) is 12.6. The molecule has 106 valence electrons. The molecule has 0 amide bonds. The average Bonchev–Trinajstić information content (AvgIpc) is 2.38. The van der Waals surface area contributed by atoms with Crippen LogP contribution in [0.15, 0.2) is 12.1 Å². The van der Waals surface area contributed by atoms with Crippen LogP contribution in [0.4, 0.5) is 0 Å². The zero-order valence-electron chi connectivity index (χ0n) is 11.8. The van der Waals surface area contributed by atoms with Crippen molar-refractivity contribution < 1.29 is 9.84 Å². The molecule has 0 spiro atoms. The van der Waals surface area contributed by atoms with Crippen LogP contribution in [0.3, 0.4) is 0 Å². The number of nitrogens with zero attached hydrogens (tertiary/aromatic N) is 1. The molecular formula is C15H22ClNO2. The predicted molar refractivity (Wildman–Crippen MR) is 77.9 cm³/mol. The minimum absolute atomic E-state index is 0.206. The van der Waals surface area contributed by atoms with Crippen LogP contribution in [0, 0.1) is 5.92 Å². The normalized spacial score (nSPS) is 24.4. The SMILES string of the molecule is COc1cc(Cl)cc(CN2CCCC(C)C2C)c1O. The summed E-state index contributed by atoms with van der Waals surface area (Å²) in [6.07, 6.45) is 2.49. The number of likely N-dealkylation sites (tertiary alicyclic amines) is 1. The summed E-state index contributed by atoms with van der Waals surface area (Å²) in [5.74, 6) is 1.34. The second kappa shape index (κ2) is 6.02. The van der Waals surface area contributed by atoms with Crippen molar-refractivity contribution in [1.82, 2.24) is 4.90 Å². The smallest absolute Gasteiger partial charge is 0.162 e. The molecule has 19 heavy (non-hydrogen) atoms. The van der Waals surface area contributed by atoms with Crippen LogP contribution < -0.4 is 4.74 Å². The molecule has 0 aromatic heterocycles. The Morgan fingerprint density at radius 1 is 1.42 bits per heavy atom. The molecule has 0 aliphatic carbocycles. The molecule has 2 rings (SSSR count). The number of halogens is 1. The predicted octanol–water partition coefficient (Wildman–Crippen LogP) is 3.67. The van der Waals surface area contributed by atoms with Crippen LogP contribution in [-0.4, -0.2) is 29.7 Å². The third-order valence-electron chi connectivity index (χ3n) is 4.22. The van der Waals surface area contributed by atoms with Crippen LogP contribution >= 0.6 is 11.6 Å². The summed E-state index contributed by atoms with van der Waals surface area (Å²) in [6, 6.07) is 3.99. The van der Waals surface area contributed by atoms with Gasteiger partial charge in [0.1, 0.15) is 0 Å². The Kier molecular flexibility index (Phi) is 4.58. The van der Waals surface area contributed by atoms with Gasteiger partial charge in [-0.15, -0.1) is 0 Å². The average molecular weight is 284 g/mol. The van der Waals surface area contributed by atoms with E-state index in [0.717, 1.165) is 12.1 Å². The monoisotopic (exact) mass is 283 g/mol. The fourth-order valence-electron chi connectivity index (χ4n) is 2.77. The molecule has 0 saturated carbocycles. The number of phenolic OH excluding ortho intramolecular Hbond substituents is 1. The number of piperidine rings is 1. The standard InChI is InChI=1S/C15H22ClNO2/c1-10-5-4-6-17(11(10)2)9-12-7-13(16)8-14(19-3)15(12)18/h7-8,10-11,18H,4-6,9H2,1-3H3. The van der Waals surface area contributed by atoms with Gasteiger partial charge in [-0.2, -0.15) is 0 Å². The fraction of sp³-hybridized carbons (Fsp3) is 0.600. The number of phenols is 1. The van der Waals surface area contributed by atoms with Crippen molar-refractivity contribution in [3.8, 4) is 11.5 Å². The van der Waals surface area contributed by atoms with Crippen molar-refractivity contribution in [2.45, 2.75) is 39.3 Å². The van der Waals surface area contributed by atoms with E-state index in [0.29, 0.717) is 29.3 Å². The zero-order chi connectivity index (χ0) is 14.0. The largest absolute Gasteiger partial charge is 0.504 e. The lowest BCUT2D eigenvalue weighted by molar-refractivity contribution is 0.105. The summed E-state index contributed by atoms with van der Waals surface area (Å²) in [7, 11) is 1.54. The number of benzene rings is 1. The molecule has 4 heteroatoms. The van der Waals surface area contributed by atoms with Gasteiger partial charge in [0.15, 0.2) is 11.5 Å². The van der Waals surface area contributed by atoms with Crippen molar-refractivity contribution in [2.24, 2.45) is 5.92 Å². The minimum atomic E-state index is 0.206. The molecule has 1 N–H and O–H groups in total. The summed E-state index contributed by atoms with van der Waals surface area (Å²) >= 11 is 6.07. The van der Waals surface area contributed by atoms with E-state index in [4.69, 9.17) is 16.3 Å². The van der Waals surface area contributed by atoms with Crippen LogP contribution in [-0.2, 0) is 6.54 Å². The molecule has 1 fully saturated rings. The first kappa shape index (κ1) is 14.5. The lowest BCUT2D eigenvalue weighted by Gasteiger charge is -2.38. The Morgan fingerprint density at radius 2 is 2.16 bits per heavy atom. The van der Waals surface area contributed by atoms with Gasteiger partial charge in [-0.25, -0.2) is 0 Å². The van der Waals surface area contributed by atoms with Gasteiger partial charge in [0.2, 0.25) is 0 Å². The number of ether oxygens (including phenoxy) is 1. The van der Waals surface area contributed by atoms with E-state index in [1.165, 1.54) is 12.8 Å². The maximum atomic E-state index is 10.2. The molecule has 1 aromatic carbocycles. The first-order valence-electron chi connectivity index (χ1n) is 6.82. The highest BCUT2D eigenvalue weighted by Crippen LogP contribution is 2.35. The Hall–Kier alpha value is -0.930. The van der Waals surface area contributed by atoms with E-state index in [-0.39, 0.29) is 5.75 Å². The Bertz CT molecular complexity index is 450. The molecule has 1 aromatic rings. The van der Waals surface area contributed by atoms with Gasteiger partial charge >= 0.3 is 0 Å². The Balaban J connectivity index is 2.21. The Labute approximate surface area is 120 Å². The van der Waals surface area contributed by atoms with Crippen LogP contribution in [0.25, 0.3) is 0 Å². The van der Waals surface area contributed by atoms with Crippen LogP contribution in [0.2, 0.25) is 5.02 Å². The molecule has 2 atom stereocenters. The molecule has 1 aliphatic heterocycles. The first-order chi connectivity index (χ1) is 9.02. The van der Waals surface area contributed by atoms with Crippen molar-refractivity contribution in [3.05, 3.63) is 22.7 Å². The quantitative estimate of drug-likeness (QED) is 0.919. The van der Waals surface area contributed by atoms with E-state index in [9.17, 15) is 5.11 Å². The van der Waals surface area contributed by atoms with Crippen molar-refractivity contribution >= 4 is 11.6 Å². The van der Waals surface area contributed by atoms with Gasteiger partial charge in [0.25, 0.3) is 0 Å². The van der Waals surface area contributed by atoms with Crippen molar-refractivity contribution in [1.29, 1.82) is 0 Å². The number of aromatic hydroxyl groups is 1. The highest BCUT2D eigenvalue weighted by Gasteiger charge is 2.25. The second-order valence-electron chi connectivity index (χ2n) is 5.45. The fourth-order valence-corrected chi connectivity index (χ4v) is 3.00. The lowest BCUT2D eigenvalue weighted by atomic mass is 9.91. The van der Waals surface area contributed by atoms with E-state index < -0.39 is 0 Å². The maximum Gasteiger partial charge on any atom is 0.162 e. The van der Waals surface area contributed by atoms with Gasteiger partial charge in [-0.1, -0.05) is 18.5 Å². The molecule has 3 nitrogen and oxygen atoms in total.